The van der Waals surface area contributed by atoms with E-state index in [2.05, 4.69) is 39.1 Å². The fourth-order valence-corrected chi connectivity index (χ4v) is 4.06. The Kier molecular flexibility index (Phi) is 5.47. The van der Waals surface area contributed by atoms with Crippen molar-refractivity contribution in [1.82, 2.24) is 14.9 Å². The van der Waals surface area contributed by atoms with Gasteiger partial charge in [0.2, 0.25) is 0 Å². The van der Waals surface area contributed by atoms with Crippen LogP contribution in [0.4, 0.5) is 4.79 Å². The van der Waals surface area contributed by atoms with Crippen molar-refractivity contribution in [3.8, 4) is 22.9 Å². The van der Waals surface area contributed by atoms with Crippen molar-refractivity contribution >= 4 is 17.1 Å². The highest BCUT2D eigenvalue weighted by Crippen LogP contribution is 2.26. The molecule has 1 atom stereocenters. The largest absolute Gasteiger partial charge is 0.489 e. The van der Waals surface area contributed by atoms with Crippen molar-refractivity contribution in [1.29, 1.82) is 0 Å². The number of nitrogens with zero attached hydrogens (tertiary/aromatic N) is 2. The van der Waals surface area contributed by atoms with E-state index in [1.807, 2.05) is 36.4 Å². The molecule has 0 bridgehead atoms. The number of carbonyl (C=O) groups is 1. The summed E-state index contributed by atoms with van der Waals surface area (Å²) in [5.41, 5.74) is 8.90. The summed E-state index contributed by atoms with van der Waals surface area (Å²) in [5.74, 6) is 1.95. The lowest BCUT2D eigenvalue weighted by molar-refractivity contribution is 0.198. The fourth-order valence-electron chi connectivity index (χ4n) is 4.06. The van der Waals surface area contributed by atoms with E-state index in [4.69, 9.17) is 15.2 Å². The molecule has 5 rings (SSSR count). The van der Waals surface area contributed by atoms with Crippen molar-refractivity contribution in [3.05, 3.63) is 78.4 Å². The third-order valence-corrected chi connectivity index (χ3v) is 5.58. The number of hydrogen-bond acceptors (Lipinski definition) is 5. The van der Waals surface area contributed by atoms with Crippen LogP contribution < -0.4 is 15.2 Å². The second-order valence-corrected chi connectivity index (χ2v) is 7.96. The summed E-state index contributed by atoms with van der Waals surface area (Å²) in [6, 6.07) is 23.6. The standard InChI is InChI=1S/C25H24N4O3/c26-25(30)32-20-10-11-22-23(14-20)28-24(27-22)18-6-8-19(9-7-18)31-21-12-13-29(16-21)15-17-4-2-1-3-5-17/h1-11,14,21H,12-13,15-16H2,(H2,26,30)(H,27,28). The lowest BCUT2D eigenvalue weighted by atomic mass is 10.2. The van der Waals surface area contributed by atoms with Crippen LogP contribution in [-0.2, 0) is 6.54 Å². The lowest BCUT2D eigenvalue weighted by Gasteiger charge is -2.17. The summed E-state index contributed by atoms with van der Waals surface area (Å²) in [5, 5.41) is 0. The molecule has 0 saturated carbocycles. The van der Waals surface area contributed by atoms with E-state index in [0.29, 0.717) is 11.3 Å². The summed E-state index contributed by atoms with van der Waals surface area (Å²) in [6.45, 7) is 2.92. The van der Waals surface area contributed by atoms with Gasteiger partial charge < -0.3 is 20.2 Å². The first-order valence-electron chi connectivity index (χ1n) is 10.6. The third kappa shape index (κ3) is 4.58. The summed E-state index contributed by atoms with van der Waals surface area (Å²) < 4.78 is 11.1. The maximum absolute atomic E-state index is 10.9. The minimum atomic E-state index is -0.846. The number of imidazole rings is 1. The van der Waals surface area contributed by atoms with E-state index in [9.17, 15) is 4.79 Å². The highest BCUT2D eigenvalue weighted by molar-refractivity contribution is 5.81. The van der Waals surface area contributed by atoms with Crippen LogP contribution in [0.15, 0.2) is 72.8 Å². The van der Waals surface area contributed by atoms with Gasteiger partial charge in [-0.1, -0.05) is 30.3 Å². The molecule has 1 unspecified atom stereocenters. The Labute approximate surface area is 185 Å². The molecule has 162 valence electrons. The minimum absolute atomic E-state index is 0.194. The number of hydrogen-bond donors (Lipinski definition) is 2. The van der Waals surface area contributed by atoms with E-state index >= 15 is 0 Å². The molecule has 0 spiro atoms. The number of nitrogens with two attached hydrogens (primary N) is 1. The van der Waals surface area contributed by atoms with Gasteiger partial charge in [-0.25, -0.2) is 9.78 Å². The second-order valence-electron chi connectivity index (χ2n) is 7.96. The predicted octanol–water partition coefficient (Wildman–Crippen LogP) is 4.34. The molecule has 1 amide bonds. The molecule has 1 aliphatic heterocycles. The molecule has 1 saturated heterocycles. The number of ether oxygens (including phenoxy) is 2. The first-order chi connectivity index (χ1) is 15.6. The van der Waals surface area contributed by atoms with Gasteiger partial charge in [0.15, 0.2) is 0 Å². The molecule has 3 N–H and O–H groups in total. The smallest absolute Gasteiger partial charge is 0.409 e. The van der Waals surface area contributed by atoms with E-state index in [-0.39, 0.29) is 6.10 Å². The minimum Gasteiger partial charge on any atom is -0.489 e. The molecule has 1 aromatic heterocycles. The molecule has 2 heterocycles. The molecule has 32 heavy (non-hydrogen) atoms. The summed E-state index contributed by atoms with van der Waals surface area (Å²) in [7, 11) is 0. The molecule has 7 heteroatoms. The van der Waals surface area contributed by atoms with Crippen molar-refractivity contribution in [2.75, 3.05) is 13.1 Å². The number of nitrogens with one attached hydrogen (secondary N) is 1. The molecule has 0 radical (unpaired) electrons. The van der Waals surface area contributed by atoms with Gasteiger partial charge in [-0.2, -0.15) is 0 Å². The normalized spacial score (nSPS) is 16.3. The number of amides is 1. The van der Waals surface area contributed by atoms with Gasteiger partial charge in [-0.05, 0) is 48.4 Å². The molecule has 0 aliphatic carbocycles. The molecular formula is C25H24N4O3. The van der Waals surface area contributed by atoms with Crippen molar-refractivity contribution in [2.45, 2.75) is 19.1 Å². The van der Waals surface area contributed by atoms with Gasteiger partial charge in [-0.3, -0.25) is 4.90 Å². The van der Waals surface area contributed by atoms with Crippen LogP contribution in [0.25, 0.3) is 22.4 Å². The number of fused-ring (bicyclic) bond motifs is 1. The molecule has 1 aliphatic rings. The summed E-state index contributed by atoms with van der Waals surface area (Å²) >= 11 is 0. The van der Waals surface area contributed by atoms with Crippen LogP contribution in [0.2, 0.25) is 0 Å². The number of rotatable bonds is 6. The second kappa shape index (κ2) is 8.72. The quantitative estimate of drug-likeness (QED) is 0.476. The molecular weight excluding hydrogens is 404 g/mol. The lowest BCUT2D eigenvalue weighted by Crippen LogP contribution is -2.24. The number of benzene rings is 3. The number of primary amides is 1. The Balaban J connectivity index is 1.22. The van der Waals surface area contributed by atoms with E-state index in [0.717, 1.165) is 48.7 Å². The van der Waals surface area contributed by atoms with Crippen LogP contribution >= 0.6 is 0 Å². The average Bonchev–Trinajstić information content (AvgIpc) is 3.41. The zero-order chi connectivity index (χ0) is 21.9. The zero-order valence-electron chi connectivity index (χ0n) is 17.5. The van der Waals surface area contributed by atoms with Gasteiger partial charge in [0.1, 0.15) is 23.4 Å². The Morgan fingerprint density at radius 2 is 1.84 bits per heavy atom. The molecule has 4 aromatic rings. The Bertz CT molecular complexity index is 1220. The van der Waals surface area contributed by atoms with E-state index in [1.54, 1.807) is 12.1 Å². The summed E-state index contributed by atoms with van der Waals surface area (Å²) in [4.78, 5) is 21.3. The summed E-state index contributed by atoms with van der Waals surface area (Å²) in [6.07, 6.45) is 0.369. The monoisotopic (exact) mass is 428 g/mol. The van der Waals surface area contributed by atoms with Crippen LogP contribution in [0.3, 0.4) is 0 Å². The molecule has 1 fully saturated rings. The number of H-pyrrole nitrogens is 1. The Morgan fingerprint density at radius 3 is 2.62 bits per heavy atom. The molecule has 7 nitrogen and oxygen atoms in total. The maximum atomic E-state index is 10.9. The number of likely N-dealkylation sites (tertiary alicyclic amines) is 1. The van der Waals surface area contributed by atoms with E-state index < -0.39 is 6.09 Å². The molecule has 3 aromatic carbocycles. The van der Waals surface area contributed by atoms with Gasteiger partial charge in [0, 0.05) is 31.3 Å². The predicted molar refractivity (Wildman–Crippen MR) is 122 cm³/mol. The number of aromatic nitrogens is 2. The average molecular weight is 428 g/mol. The number of aromatic amines is 1. The Morgan fingerprint density at radius 1 is 1.06 bits per heavy atom. The zero-order valence-corrected chi connectivity index (χ0v) is 17.5. The highest BCUT2D eigenvalue weighted by Gasteiger charge is 2.24. The van der Waals surface area contributed by atoms with Crippen LogP contribution in [0, 0.1) is 0 Å². The van der Waals surface area contributed by atoms with Crippen LogP contribution in [-0.4, -0.2) is 40.2 Å². The van der Waals surface area contributed by atoms with Crippen molar-refractivity contribution in [2.24, 2.45) is 5.73 Å². The Hall–Kier alpha value is -3.84. The topological polar surface area (TPSA) is 93.5 Å². The first kappa shape index (κ1) is 20.1. The van der Waals surface area contributed by atoms with Crippen molar-refractivity contribution in [3.63, 3.8) is 0 Å². The highest BCUT2D eigenvalue weighted by atomic mass is 16.5. The van der Waals surface area contributed by atoms with Gasteiger partial charge in [0.05, 0.1) is 11.0 Å². The van der Waals surface area contributed by atoms with Crippen molar-refractivity contribution < 1.29 is 14.3 Å². The van der Waals surface area contributed by atoms with E-state index in [1.165, 1.54) is 5.56 Å². The van der Waals surface area contributed by atoms with Gasteiger partial charge in [-0.15, -0.1) is 0 Å². The van der Waals surface area contributed by atoms with Gasteiger partial charge >= 0.3 is 6.09 Å². The maximum Gasteiger partial charge on any atom is 0.409 e. The van der Waals surface area contributed by atoms with Gasteiger partial charge in [0.25, 0.3) is 0 Å². The fraction of sp³-hybridized carbons (Fsp3) is 0.200. The SMILES string of the molecule is NC(=O)Oc1ccc2[nH]c(-c3ccc(OC4CCN(Cc5ccccc5)C4)cc3)nc2c1. The first-order valence-corrected chi connectivity index (χ1v) is 10.6. The van der Waals surface area contributed by atoms with Crippen LogP contribution in [0.5, 0.6) is 11.5 Å². The number of carbonyl (C=O) groups excluding carboxylic acids is 1. The third-order valence-electron chi connectivity index (χ3n) is 5.58. The van der Waals surface area contributed by atoms with Crippen LogP contribution in [0.1, 0.15) is 12.0 Å².